The Labute approximate surface area is 150 Å². The summed E-state index contributed by atoms with van der Waals surface area (Å²) in [6.45, 7) is 0.836. The molecule has 1 fully saturated rings. The smallest absolute Gasteiger partial charge is 0.344 e. The quantitative estimate of drug-likeness (QED) is 0.851. The Balaban J connectivity index is 1.89. The van der Waals surface area contributed by atoms with E-state index in [-0.39, 0.29) is 17.6 Å². The lowest BCUT2D eigenvalue weighted by atomic mass is 9.92. The molecule has 2 aromatic carbocycles. The molecule has 6 heteroatoms. The summed E-state index contributed by atoms with van der Waals surface area (Å²) in [5.74, 6) is -0.709. The van der Waals surface area contributed by atoms with E-state index in [0.717, 1.165) is 37.4 Å². The molecule has 138 valence electrons. The van der Waals surface area contributed by atoms with Gasteiger partial charge in [-0.05, 0) is 37.1 Å². The van der Waals surface area contributed by atoms with E-state index in [1.807, 2.05) is 30.3 Å². The van der Waals surface area contributed by atoms with Gasteiger partial charge in [0.25, 0.3) is 5.91 Å². The molecule has 0 aliphatic carbocycles. The van der Waals surface area contributed by atoms with Crippen LogP contribution in [0.5, 0.6) is 0 Å². The average Bonchev–Trinajstić information content (AvgIpc) is 2.66. The van der Waals surface area contributed by atoms with Crippen LogP contribution < -0.4 is 10.6 Å². The van der Waals surface area contributed by atoms with Crippen LogP contribution >= 0.6 is 0 Å². The van der Waals surface area contributed by atoms with Gasteiger partial charge in [0.1, 0.15) is 0 Å². The maximum absolute atomic E-state index is 13.2. The van der Waals surface area contributed by atoms with Gasteiger partial charge >= 0.3 is 6.18 Å². The number of rotatable bonds is 4. The van der Waals surface area contributed by atoms with Crippen molar-refractivity contribution in [2.45, 2.75) is 37.5 Å². The molecule has 0 spiro atoms. The van der Waals surface area contributed by atoms with Crippen LogP contribution in [0.15, 0.2) is 54.6 Å². The predicted octanol–water partition coefficient (Wildman–Crippen LogP) is 4.32. The Morgan fingerprint density at radius 1 is 1.04 bits per heavy atom. The molecular weight excluding hydrogens is 341 g/mol. The third-order valence-corrected chi connectivity index (χ3v) is 4.67. The van der Waals surface area contributed by atoms with Gasteiger partial charge < -0.3 is 10.6 Å². The summed E-state index contributed by atoms with van der Waals surface area (Å²) >= 11 is 0. The van der Waals surface area contributed by atoms with Crippen molar-refractivity contribution in [2.24, 2.45) is 0 Å². The molecule has 0 radical (unpaired) electrons. The Bertz CT molecular complexity index is 740. The van der Waals surface area contributed by atoms with Gasteiger partial charge in [-0.1, -0.05) is 48.9 Å². The van der Waals surface area contributed by atoms with Crippen LogP contribution in [-0.2, 0) is 6.18 Å². The van der Waals surface area contributed by atoms with E-state index >= 15 is 0 Å². The number of hydrogen-bond acceptors (Lipinski definition) is 2. The highest BCUT2D eigenvalue weighted by atomic mass is 19.4. The molecule has 2 N–H and O–H groups in total. The summed E-state index contributed by atoms with van der Waals surface area (Å²) in [5.41, 5.74) is -0.387. The van der Waals surface area contributed by atoms with Crippen molar-refractivity contribution < 1.29 is 18.0 Å². The molecule has 1 amide bonds. The summed E-state index contributed by atoms with van der Waals surface area (Å²) in [7, 11) is 0. The van der Waals surface area contributed by atoms with E-state index in [4.69, 9.17) is 0 Å². The lowest BCUT2D eigenvalue weighted by Crippen LogP contribution is -2.46. The van der Waals surface area contributed by atoms with E-state index in [1.54, 1.807) is 0 Å². The number of benzene rings is 2. The molecule has 1 aliphatic heterocycles. The van der Waals surface area contributed by atoms with Crippen molar-refractivity contribution in [1.82, 2.24) is 10.6 Å². The first-order valence-corrected chi connectivity index (χ1v) is 8.72. The van der Waals surface area contributed by atoms with Gasteiger partial charge in [-0.25, -0.2) is 0 Å². The second kappa shape index (κ2) is 7.91. The molecule has 26 heavy (non-hydrogen) atoms. The fourth-order valence-corrected chi connectivity index (χ4v) is 3.39. The minimum absolute atomic E-state index is 0.00634. The Morgan fingerprint density at radius 3 is 2.38 bits per heavy atom. The Kier molecular flexibility index (Phi) is 5.61. The molecule has 1 saturated heterocycles. The molecule has 0 saturated carbocycles. The van der Waals surface area contributed by atoms with Crippen molar-refractivity contribution in [1.29, 1.82) is 0 Å². The first-order valence-electron chi connectivity index (χ1n) is 8.72. The van der Waals surface area contributed by atoms with Crippen molar-refractivity contribution in [3.63, 3.8) is 0 Å². The molecule has 3 rings (SSSR count). The number of amides is 1. The summed E-state index contributed by atoms with van der Waals surface area (Å²) < 4.78 is 39.7. The Hall–Kier alpha value is -2.34. The Morgan fingerprint density at radius 2 is 1.73 bits per heavy atom. The maximum atomic E-state index is 13.2. The fourth-order valence-electron chi connectivity index (χ4n) is 3.39. The molecule has 2 atom stereocenters. The maximum Gasteiger partial charge on any atom is 0.417 e. The van der Waals surface area contributed by atoms with Crippen LogP contribution in [0.25, 0.3) is 0 Å². The number of carbonyl (C=O) groups excluding carboxylic acids is 1. The van der Waals surface area contributed by atoms with Gasteiger partial charge in [0, 0.05) is 6.04 Å². The molecule has 0 bridgehead atoms. The van der Waals surface area contributed by atoms with Crippen LogP contribution in [0.4, 0.5) is 13.2 Å². The molecule has 2 aromatic rings. The zero-order valence-corrected chi connectivity index (χ0v) is 14.2. The number of alkyl halides is 3. The number of nitrogens with one attached hydrogen (secondary N) is 2. The minimum Gasteiger partial charge on any atom is -0.344 e. The topological polar surface area (TPSA) is 41.1 Å². The van der Waals surface area contributed by atoms with Crippen molar-refractivity contribution in [3.8, 4) is 0 Å². The number of hydrogen-bond donors (Lipinski definition) is 2. The first kappa shape index (κ1) is 18.5. The average molecular weight is 362 g/mol. The largest absolute Gasteiger partial charge is 0.417 e. The van der Waals surface area contributed by atoms with E-state index < -0.39 is 17.6 Å². The summed E-state index contributed by atoms with van der Waals surface area (Å²) in [5, 5.41) is 6.21. The lowest BCUT2D eigenvalue weighted by Gasteiger charge is -2.32. The van der Waals surface area contributed by atoms with Gasteiger partial charge in [-0.15, -0.1) is 0 Å². The zero-order chi connectivity index (χ0) is 18.6. The standard InChI is InChI=1S/C20H21F3N2O/c21-20(22,23)16-11-5-4-10-15(16)19(26)25-18(14-8-2-1-3-9-14)17-12-6-7-13-24-17/h1-5,8-11,17-18,24H,6-7,12-13H2,(H,25,26). The van der Waals surface area contributed by atoms with Crippen molar-refractivity contribution >= 4 is 5.91 Å². The fraction of sp³-hybridized carbons (Fsp3) is 0.350. The normalized spacial score (nSPS) is 19.0. The summed E-state index contributed by atoms with van der Waals surface area (Å²) in [6, 6.07) is 13.9. The second-order valence-electron chi connectivity index (χ2n) is 6.46. The van der Waals surface area contributed by atoms with Gasteiger partial charge in [0.15, 0.2) is 0 Å². The second-order valence-corrected chi connectivity index (χ2v) is 6.46. The van der Waals surface area contributed by atoms with Crippen molar-refractivity contribution in [3.05, 3.63) is 71.3 Å². The predicted molar refractivity (Wildman–Crippen MR) is 93.7 cm³/mol. The SMILES string of the molecule is O=C(NC(c1ccccc1)C1CCCCN1)c1ccccc1C(F)(F)F. The third-order valence-electron chi connectivity index (χ3n) is 4.67. The van der Waals surface area contributed by atoms with E-state index in [2.05, 4.69) is 10.6 Å². The molecule has 3 nitrogen and oxygen atoms in total. The lowest BCUT2D eigenvalue weighted by molar-refractivity contribution is -0.137. The minimum atomic E-state index is -4.57. The molecule has 1 heterocycles. The van der Waals surface area contributed by atoms with E-state index in [1.165, 1.54) is 18.2 Å². The van der Waals surface area contributed by atoms with Gasteiger partial charge in [-0.3, -0.25) is 4.79 Å². The van der Waals surface area contributed by atoms with E-state index in [9.17, 15) is 18.0 Å². The van der Waals surface area contributed by atoms with Gasteiger partial charge in [0.2, 0.25) is 0 Å². The molecule has 1 aliphatic rings. The molecular formula is C20H21F3N2O. The summed E-state index contributed by atoms with van der Waals surface area (Å²) in [4.78, 5) is 12.7. The monoisotopic (exact) mass is 362 g/mol. The number of carbonyl (C=O) groups is 1. The highest BCUT2D eigenvalue weighted by molar-refractivity contribution is 5.96. The van der Waals surface area contributed by atoms with Gasteiger partial charge in [-0.2, -0.15) is 13.2 Å². The van der Waals surface area contributed by atoms with Crippen LogP contribution in [0, 0.1) is 0 Å². The van der Waals surface area contributed by atoms with Crippen LogP contribution in [-0.4, -0.2) is 18.5 Å². The molecule has 2 unspecified atom stereocenters. The number of piperidine rings is 1. The van der Waals surface area contributed by atoms with E-state index in [0.29, 0.717) is 0 Å². The number of halogens is 3. The third kappa shape index (κ3) is 4.25. The molecule has 0 aromatic heterocycles. The first-order chi connectivity index (χ1) is 12.5. The summed E-state index contributed by atoms with van der Waals surface area (Å²) in [6.07, 6.45) is -1.63. The van der Waals surface area contributed by atoms with Crippen molar-refractivity contribution in [2.75, 3.05) is 6.54 Å². The highest BCUT2D eigenvalue weighted by Gasteiger charge is 2.36. The zero-order valence-electron chi connectivity index (χ0n) is 14.2. The van der Waals surface area contributed by atoms with Gasteiger partial charge in [0.05, 0.1) is 17.2 Å². The highest BCUT2D eigenvalue weighted by Crippen LogP contribution is 2.32. The van der Waals surface area contributed by atoms with Crippen LogP contribution in [0.1, 0.15) is 46.8 Å². The van der Waals surface area contributed by atoms with Crippen LogP contribution in [0.2, 0.25) is 0 Å². The van der Waals surface area contributed by atoms with Crippen LogP contribution in [0.3, 0.4) is 0 Å².